The average molecular weight is 420 g/mol. The van der Waals surface area contributed by atoms with Gasteiger partial charge in [0.15, 0.2) is 0 Å². The maximum absolute atomic E-state index is 12.2. The molecule has 1 amide bonds. The highest BCUT2D eigenvalue weighted by Gasteiger charge is 2.26. The van der Waals surface area contributed by atoms with E-state index in [4.69, 9.17) is 4.74 Å². The average Bonchev–Trinajstić information content (AvgIpc) is 2.71. The molecule has 0 saturated carbocycles. The van der Waals surface area contributed by atoms with Crippen LogP contribution in [-0.2, 0) is 11.3 Å². The third-order valence-electron chi connectivity index (χ3n) is 5.73. The van der Waals surface area contributed by atoms with Gasteiger partial charge in [-0.3, -0.25) is 4.79 Å². The van der Waals surface area contributed by atoms with Gasteiger partial charge in [0.25, 0.3) is 0 Å². The molecular weight excluding hydrogens is 382 g/mol. The monoisotopic (exact) mass is 419 g/mol. The molecule has 0 unspecified atom stereocenters. The number of carbonyl (C=O) groups is 1. The summed E-state index contributed by atoms with van der Waals surface area (Å²) in [5, 5.41) is 2.91. The summed E-state index contributed by atoms with van der Waals surface area (Å²) in [6.07, 6.45) is 15.9. The SMILES string of the molecule is COc1cccc(CNC(=O)/C=C(C)/C=C/C=C(C)/C=C/C2=C(C)CCCC2(C)C)c1. The standard InChI is InChI=1S/C28H37NO2/c1-21(15-16-26-23(3)12-9-17-28(26,4)5)10-7-11-22(2)18-27(30)29-20-24-13-8-14-25(19-24)31-6/h7-8,10-11,13-16,18-19H,9,12,17,20H2,1-6H3,(H,29,30)/b11-7+,16-15+,21-10+,22-18+. The summed E-state index contributed by atoms with van der Waals surface area (Å²) in [5.74, 6) is 0.684. The number of ether oxygens (including phenoxy) is 1. The van der Waals surface area contributed by atoms with Crippen LogP contribution >= 0.6 is 0 Å². The fraction of sp³-hybridized carbons (Fsp3) is 0.393. The Hall–Kier alpha value is -2.81. The van der Waals surface area contributed by atoms with E-state index in [9.17, 15) is 4.79 Å². The Morgan fingerprint density at radius 3 is 2.68 bits per heavy atom. The van der Waals surface area contributed by atoms with E-state index in [1.54, 1.807) is 13.2 Å². The van der Waals surface area contributed by atoms with Crippen molar-refractivity contribution in [3.05, 3.63) is 88.6 Å². The van der Waals surface area contributed by atoms with E-state index in [1.807, 2.05) is 43.3 Å². The molecule has 3 heteroatoms. The smallest absolute Gasteiger partial charge is 0.244 e. The van der Waals surface area contributed by atoms with Crippen molar-refractivity contribution >= 4 is 5.91 Å². The Balaban J connectivity index is 1.90. The van der Waals surface area contributed by atoms with Crippen LogP contribution in [0.2, 0.25) is 0 Å². The molecule has 0 radical (unpaired) electrons. The number of rotatable bonds is 8. The lowest BCUT2D eigenvalue weighted by atomic mass is 9.72. The lowest BCUT2D eigenvalue weighted by Crippen LogP contribution is -2.20. The summed E-state index contributed by atoms with van der Waals surface area (Å²) in [7, 11) is 1.64. The van der Waals surface area contributed by atoms with Crippen molar-refractivity contribution in [2.45, 2.75) is 60.4 Å². The van der Waals surface area contributed by atoms with Crippen molar-refractivity contribution in [1.82, 2.24) is 5.32 Å². The molecule has 0 spiro atoms. The second-order valence-electron chi connectivity index (χ2n) is 8.99. The van der Waals surface area contributed by atoms with Gasteiger partial charge in [0.1, 0.15) is 5.75 Å². The molecule has 0 aliphatic heterocycles. The minimum atomic E-state index is -0.104. The first-order valence-corrected chi connectivity index (χ1v) is 11.0. The summed E-state index contributed by atoms with van der Waals surface area (Å²) in [4.78, 5) is 12.2. The van der Waals surface area contributed by atoms with Gasteiger partial charge in [-0.05, 0) is 74.3 Å². The number of allylic oxidation sites excluding steroid dienone is 9. The molecular formula is C28H37NO2. The van der Waals surface area contributed by atoms with Crippen molar-refractivity contribution in [3.8, 4) is 5.75 Å². The van der Waals surface area contributed by atoms with Crippen LogP contribution in [0.5, 0.6) is 5.75 Å². The van der Waals surface area contributed by atoms with Crippen molar-refractivity contribution in [3.63, 3.8) is 0 Å². The number of nitrogens with one attached hydrogen (secondary N) is 1. The molecule has 0 atom stereocenters. The van der Waals surface area contributed by atoms with E-state index in [0.717, 1.165) is 16.9 Å². The molecule has 1 aromatic rings. The molecule has 0 heterocycles. The summed E-state index contributed by atoms with van der Waals surface area (Å²) < 4.78 is 5.21. The van der Waals surface area contributed by atoms with Gasteiger partial charge in [0.05, 0.1) is 7.11 Å². The van der Waals surface area contributed by atoms with Crippen molar-refractivity contribution in [2.75, 3.05) is 7.11 Å². The van der Waals surface area contributed by atoms with Gasteiger partial charge in [-0.25, -0.2) is 0 Å². The van der Waals surface area contributed by atoms with Crippen molar-refractivity contribution in [1.29, 1.82) is 0 Å². The van der Waals surface area contributed by atoms with Crippen LogP contribution in [0.15, 0.2) is 83.0 Å². The van der Waals surface area contributed by atoms with Crippen LogP contribution in [0.4, 0.5) is 0 Å². The first kappa shape index (κ1) is 24.5. The van der Waals surface area contributed by atoms with Crippen molar-refractivity contribution < 1.29 is 9.53 Å². The summed E-state index contributed by atoms with van der Waals surface area (Å²) in [6, 6.07) is 7.69. The molecule has 2 rings (SSSR count). The molecule has 166 valence electrons. The molecule has 1 N–H and O–H groups in total. The van der Waals surface area contributed by atoms with Crippen LogP contribution in [0, 0.1) is 5.41 Å². The second-order valence-corrected chi connectivity index (χ2v) is 8.99. The van der Waals surface area contributed by atoms with E-state index < -0.39 is 0 Å². The first-order valence-electron chi connectivity index (χ1n) is 11.0. The van der Waals surface area contributed by atoms with Crippen molar-refractivity contribution in [2.24, 2.45) is 5.41 Å². The molecule has 31 heavy (non-hydrogen) atoms. The number of hydrogen-bond acceptors (Lipinski definition) is 2. The van der Waals surface area contributed by atoms with Gasteiger partial charge in [-0.15, -0.1) is 0 Å². The highest BCUT2D eigenvalue weighted by atomic mass is 16.5. The molecule has 0 aromatic heterocycles. The molecule has 0 saturated heterocycles. The van der Waals surface area contributed by atoms with Crippen LogP contribution in [0.1, 0.15) is 59.4 Å². The number of benzene rings is 1. The number of methoxy groups -OCH3 is 1. The summed E-state index contributed by atoms with van der Waals surface area (Å²) in [5.41, 5.74) is 6.34. The highest BCUT2D eigenvalue weighted by Crippen LogP contribution is 2.40. The maximum Gasteiger partial charge on any atom is 0.244 e. The van der Waals surface area contributed by atoms with E-state index in [1.165, 1.54) is 36.0 Å². The van der Waals surface area contributed by atoms with Crippen LogP contribution < -0.4 is 10.1 Å². The zero-order chi connectivity index (χ0) is 22.9. The lowest BCUT2D eigenvalue weighted by Gasteiger charge is -2.32. The van der Waals surface area contributed by atoms with Gasteiger partial charge in [-0.2, -0.15) is 0 Å². The second kappa shape index (κ2) is 11.5. The zero-order valence-corrected chi connectivity index (χ0v) is 19.9. The highest BCUT2D eigenvalue weighted by molar-refractivity contribution is 5.88. The van der Waals surface area contributed by atoms with E-state index in [2.05, 4.69) is 51.2 Å². The maximum atomic E-state index is 12.2. The van der Waals surface area contributed by atoms with Crippen LogP contribution in [0.25, 0.3) is 0 Å². The molecule has 1 aliphatic rings. The zero-order valence-electron chi connectivity index (χ0n) is 19.9. The summed E-state index contributed by atoms with van der Waals surface area (Å²) in [6.45, 7) is 11.4. The Bertz CT molecular complexity index is 926. The van der Waals surface area contributed by atoms with Gasteiger partial charge in [0, 0.05) is 12.6 Å². The van der Waals surface area contributed by atoms with Gasteiger partial charge in [0.2, 0.25) is 5.91 Å². The Morgan fingerprint density at radius 2 is 1.97 bits per heavy atom. The fourth-order valence-electron chi connectivity index (χ4n) is 3.91. The number of hydrogen-bond donors (Lipinski definition) is 1. The van der Waals surface area contributed by atoms with Gasteiger partial charge in [-0.1, -0.05) is 67.5 Å². The lowest BCUT2D eigenvalue weighted by molar-refractivity contribution is -0.116. The molecule has 1 aromatic carbocycles. The Morgan fingerprint density at radius 1 is 1.19 bits per heavy atom. The first-order chi connectivity index (χ1) is 14.7. The third kappa shape index (κ3) is 8.09. The third-order valence-corrected chi connectivity index (χ3v) is 5.73. The predicted molar refractivity (Wildman–Crippen MR) is 131 cm³/mol. The molecule has 0 fully saturated rings. The van der Waals surface area contributed by atoms with Crippen LogP contribution in [-0.4, -0.2) is 13.0 Å². The summed E-state index contributed by atoms with van der Waals surface area (Å²) >= 11 is 0. The minimum Gasteiger partial charge on any atom is -0.497 e. The van der Waals surface area contributed by atoms with Gasteiger partial charge >= 0.3 is 0 Å². The fourth-order valence-corrected chi connectivity index (χ4v) is 3.91. The number of carbonyl (C=O) groups excluding carboxylic acids is 1. The van der Waals surface area contributed by atoms with Gasteiger partial charge < -0.3 is 10.1 Å². The Kier molecular flexibility index (Phi) is 9.11. The normalized spacial score (nSPS) is 17.5. The van der Waals surface area contributed by atoms with E-state index >= 15 is 0 Å². The molecule has 1 aliphatic carbocycles. The van der Waals surface area contributed by atoms with E-state index in [0.29, 0.717) is 6.54 Å². The van der Waals surface area contributed by atoms with E-state index in [-0.39, 0.29) is 11.3 Å². The van der Waals surface area contributed by atoms with Crippen LogP contribution in [0.3, 0.4) is 0 Å². The Labute approximate surface area is 188 Å². The topological polar surface area (TPSA) is 38.3 Å². The molecule has 0 bridgehead atoms. The quantitative estimate of drug-likeness (QED) is 0.370. The minimum absolute atomic E-state index is 0.104. The number of amides is 1. The predicted octanol–water partition coefficient (Wildman–Crippen LogP) is 6.84. The largest absolute Gasteiger partial charge is 0.497 e. The molecule has 3 nitrogen and oxygen atoms in total.